The molecule has 1 aliphatic carbocycles. The van der Waals surface area contributed by atoms with Crippen LogP contribution in [-0.4, -0.2) is 34.3 Å². The van der Waals surface area contributed by atoms with Crippen LogP contribution in [0.1, 0.15) is 25.3 Å². The minimum Gasteiger partial charge on any atom is -0.395 e. The molecule has 1 aliphatic rings. The summed E-state index contributed by atoms with van der Waals surface area (Å²) in [5, 5.41) is 9.09. The number of nitrogens with two attached hydrogens (primary N) is 1. The van der Waals surface area contributed by atoms with Crippen LogP contribution < -0.4 is 10.6 Å². The molecule has 0 spiro atoms. The van der Waals surface area contributed by atoms with Gasteiger partial charge in [0.25, 0.3) is 0 Å². The van der Waals surface area contributed by atoms with Crippen molar-refractivity contribution in [3.05, 3.63) is 11.9 Å². The molecule has 1 heterocycles. The molecule has 1 fully saturated rings. The minimum absolute atomic E-state index is 0.142. The Labute approximate surface area is 95.3 Å². The lowest BCUT2D eigenvalue weighted by Crippen LogP contribution is -2.31. The number of aliphatic hydroxyl groups excluding tert-OH is 1. The number of anilines is 2. The van der Waals surface area contributed by atoms with Gasteiger partial charge in [0.1, 0.15) is 18.0 Å². The Morgan fingerprint density at radius 1 is 1.50 bits per heavy atom. The van der Waals surface area contributed by atoms with Gasteiger partial charge in [-0.1, -0.05) is 6.92 Å². The molecule has 1 aromatic heterocycles. The van der Waals surface area contributed by atoms with Crippen molar-refractivity contribution in [2.45, 2.75) is 32.2 Å². The summed E-state index contributed by atoms with van der Waals surface area (Å²) in [5.41, 5.74) is 6.83. The molecule has 3 N–H and O–H groups in total. The van der Waals surface area contributed by atoms with E-state index < -0.39 is 0 Å². The van der Waals surface area contributed by atoms with Crippen LogP contribution in [0.5, 0.6) is 0 Å². The van der Waals surface area contributed by atoms with Gasteiger partial charge in [0, 0.05) is 18.2 Å². The summed E-state index contributed by atoms with van der Waals surface area (Å²) in [4.78, 5) is 10.5. The first kappa shape index (κ1) is 11.1. The predicted octanol–water partition coefficient (Wildman–Crippen LogP) is 0.582. The molecule has 2 rings (SSSR count). The van der Waals surface area contributed by atoms with Gasteiger partial charge in [-0.2, -0.15) is 0 Å². The van der Waals surface area contributed by atoms with Crippen molar-refractivity contribution in [1.29, 1.82) is 0 Å². The maximum atomic E-state index is 9.09. The van der Waals surface area contributed by atoms with Crippen molar-refractivity contribution < 1.29 is 5.11 Å². The van der Waals surface area contributed by atoms with Gasteiger partial charge < -0.3 is 15.7 Å². The molecule has 1 saturated carbocycles. The highest BCUT2D eigenvalue weighted by atomic mass is 16.3. The van der Waals surface area contributed by atoms with Crippen LogP contribution in [0.15, 0.2) is 6.33 Å². The van der Waals surface area contributed by atoms with Gasteiger partial charge in [-0.25, -0.2) is 9.97 Å². The Hall–Kier alpha value is -1.36. The topological polar surface area (TPSA) is 75.3 Å². The van der Waals surface area contributed by atoms with E-state index in [2.05, 4.69) is 14.9 Å². The third kappa shape index (κ3) is 2.09. The summed E-state index contributed by atoms with van der Waals surface area (Å²) in [7, 11) is 0. The lowest BCUT2D eigenvalue weighted by molar-refractivity contribution is 0.301. The van der Waals surface area contributed by atoms with Crippen LogP contribution in [0.3, 0.4) is 0 Å². The zero-order valence-electron chi connectivity index (χ0n) is 9.56. The lowest BCUT2D eigenvalue weighted by atomic mass is 10.2. The Kier molecular flexibility index (Phi) is 3.24. The van der Waals surface area contributed by atoms with Crippen LogP contribution in [-0.2, 0) is 6.42 Å². The van der Waals surface area contributed by atoms with Crippen molar-refractivity contribution >= 4 is 11.6 Å². The van der Waals surface area contributed by atoms with Gasteiger partial charge in [-0.15, -0.1) is 0 Å². The average molecular weight is 222 g/mol. The van der Waals surface area contributed by atoms with E-state index in [1.54, 1.807) is 0 Å². The van der Waals surface area contributed by atoms with Crippen LogP contribution in [0, 0.1) is 0 Å². The molecule has 0 bridgehead atoms. The van der Waals surface area contributed by atoms with Crippen molar-refractivity contribution in [1.82, 2.24) is 9.97 Å². The number of hydrogen-bond acceptors (Lipinski definition) is 5. The van der Waals surface area contributed by atoms with Crippen LogP contribution in [0.4, 0.5) is 11.6 Å². The van der Waals surface area contributed by atoms with E-state index >= 15 is 0 Å². The summed E-state index contributed by atoms with van der Waals surface area (Å²) in [5.74, 6) is 1.45. The van der Waals surface area contributed by atoms with E-state index in [0.717, 1.165) is 17.8 Å². The molecular weight excluding hydrogens is 204 g/mol. The molecule has 0 amide bonds. The Bertz CT molecular complexity index is 365. The summed E-state index contributed by atoms with van der Waals surface area (Å²) in [6, 6.07) is 0.520. The van der Waals surface area contributed by atoms with Gasteiger partial charge >= 0.3 is 0 Å². The van der Waals surface area contributed by atoms with Gasteiger partial charge in [-0.05, 0) is 19.3 Å². The van der Waals surface area contributed by atoms with Gasteiger partial charge in [-0.3, -0.25) is 0 Å². The van der Waals surface area contributed by atoms with Crippen LogP contribution >= 0.6 is 0 Å². The fourth-order valence-electron chi connectivity index (χ4n) is 1.96. The highest BCUT2D eigenvalue weighted by Crippen LogP contribution is 2.33. The SMILES string of the molecule is CCc1c(N)ncnc1N(CCO)C1CC1. The van der Waals surface area contributed by atoms with Crippen LogP contribution in [0.2, 0.25) is 0 Å². The smallest absolute Gasteiger partial charge is 0.137 e. The Balaban J connectivity index is 2.32. The molecule has 5 heteroatoms. The molecule has 1 aromatic rings. The maximum absolute atomic E-state index is 9.09. The second kappa shape index (κ2) is 4.65. The lowest BCUT2D eigenvalue weighted by Gasteiger charge is -2.24. The number of nitrogen functional groups attached to an aromatic ring is 1. The van der Waals surface area contributed by atoms with E-state index in [4.69, 9.17) is 10.8 Å². The highest BCUT2D eigenvalue weighted by Gasteiger charge is 2.31. The van der Waals surface area contributed by atoms with Crippen LogP contribution in [0.25, 0.3) is 0 Å². The third-order valence-corrected chi connectivity index (χ3v) is 2.91. The van der Waals surface area contributed by atoms with E-state index in [-0.39, 0.29) is 6.61 Å². The molecule has 5 nitrogen and oxygen atoms in total. The van der Waals surface area contributed by atoms with E-state index in [0.29, 0.717) is 18.4 Å². The number of rotatable bonds is 5. The van der Waals surface area contributed by atoms with Crippen molar-refractivity contribution in [2.24, 2.45) is 0 Å². The molecule has 88 valence electrons. The molecule has 0 aliphatic heterocycles. The van der Waals surface area contributed by atoms with Crippen molar-refractivity contribution in [2.75, 3.05) is 23.8 Å². The highest BCUT2D eigenvalue weighted by molar-refractivity contribution is 5.57. The first-order valence-electron chi connectivity index (χ1n) is 5.74. The molecular formula is C11H18N4O. The molecule has 0 unspecified atom stereocenters. The molecule has 0 atom stereocenters. The third-order valence-electron chi connectivity index (χ3n) is 2.91. The minimum atomic E-state index is 0.142. The Morgan fingerprint density at radius 3 is 2.81 bits per heavy atom. The normalized spacial score (nSPS) is 15.1. The monoisotopic (exact) mass is 222 g/mol. The fourth-order valence-corrected chi connectivity index (χ4v) is 1.96. The Morgan fingerprint density at radius 2 is 2.25 bits per heavy atom. The molecule has 0 aromatic carbocycles. The summed E-state index contributed by atoms with van der Waals surface area (Å²) >= 11 is 0. The summed E-state index contributed by atoms with van der Waals surface area (Å²) in [6.45, 7) is 2.81. The molecule has 0 saturated heterocycles. The van der Waals surface area contributed by atoms with Crippen molar-refractivity contribution in [3.8, 4) is 0 Å². The van der Waals surface area contributed by atoms with E-state index in [1.165, 1.54) is 19.2 Å². The molecule has 0 radical (unpaired) electrons. The summed E-state index contributed by atoms with van der Waals surface area (Å²) in [6.07, 6.45) is 4.66. The number of nitrogens with zero attached hydrogens (tertiary/aromatic N) is 3. The zero-order chi connectivity index (χ0) is 11.5. The number of aliphatic hydroxyl groups is 1. The second-order valence-corrected chi connectivity index (χ2v) is 4.06. The zero-order valence-corrected chi connectivity index (χ0v) is 9.56. The number of aromatic nitrogens is 2. The van der Waals surface area contributed by atoms with E-state index in [1.807, 2.05) is 6.92 Å². The fraction of sp³-hybridized carbons (Fsp3) is 0.636. The quantitative estimate of drug-likeness (QED) is 0.762. The molecule has 16 heavy (non-hydrogen) atoms. The van der Waals surface area contributed by atoms with Gasteiger partial charge in [0.05, 0.1) is 6.61 Å². The standard InChI is InChI=1S/C11H18N4O/c1-2-9-10(12)13-7-14-11(9)15(5-6-16)8-3-4-8/h7-8,16H,2-6H2,1H3,(H2,12,13,14). The largest absolute Gasteiger partial charge is 0.395 e. The van der Waals surface area contributed by atoms with Gasteiger partial charge in [0.15, 0.2) is 0 Å². The average Bonchev–Trinajstić information content (AvgIpc) is 3.09. The first-order valence-corrected chi connectivity index (χ1v) is 5.74. The predicted molar refractivity (Wildman–Crippen MR) is 63.3 cm³/mol. The first-order chi connectivity index (χ1) is 7.77. The van der Waals surface area contributed by atoms with Crippen molar-refractivity contribution in [3.63, 3.8) is 0 Å². The second-order valence-electron chi connectivity index (χ2n) is 4.06. The van der Waals surface area contributed by atoms with Gasteiger partial charge in [0.2, 0.25) is 0 Å². The summed E-state index contributed by atoms with van der Waals surface area (Å²) < 4.78 is 0. The van der Waals surface area contributed by atoms with E-state index in [9.17, 15) is 0 Å². The number of hydrogen-bond donors (Lipinski definition) is 2. The maximum Gasteiger partial charge on any atom is 0.137 e.